The Morgan fingerprint density at radius 3 is 2.71 bits per heavy atom. The number of benzene rings is 1. The molecule has 0 heterocycles. The minimum atomic E-state index is 0.292. The summed E-state index contributed by atoms with van der Waals surface area (Å²) in [5, 5.41) is 18.1. The normalized spacial score (nSPS) is 10.1. The Kier molecular flexibility index (Phi) is 3.49. The summed E-state index contributed by atoms with van der Waals surface area (Å²) in [5.41, 5.74) is 1.81. The summed E-state index contributed by atoms with van der Waals surface area (Å²) in [4.78, 5) is 1.98. The topological polar surface area (TPSA) is 47.3 Å². The number of rotatable bonds is 3. The predicted molar refractivity (Wildman–Crippen MR) is 54.8 cm³/mol. The lowest BCUT2D eigenvalue weighted by Gasteiger charge is -2.11. The van der Waals surface area contributed by atoms with Gasteiger partial charge in [0.1, 0.15) is 5.75 Å². The third-order valence-electron chi connectivity index (χ3n) is 1.91. The molecule has 74 valence electrons. The summed E-state index contributed by atoms with van der Waals surface area (Å²) in [6.45, 7) is 0.686. The van der Waals surface area contributed by atoms with Gasteiger partial charge in [-0.05, 0) is 31.8 Å². The Balaban J connectivity index is 2.91. The molecule has 0 aliphatic heterocycles. The summed E-state index contributed by atoms with van der Waals surface area (Å²) in [6, 6.07) is 7.38. The molecule has 0 aromatic heterocycles. The van der Waals surface area contributed by atoms with Gasteiger partial charge < -0.3 is 10.0 Å². The first-order valence-electron chi connectivity index (χ1n) is 4.46. The molecule has 0 amide bonds. The molecule has 1 N–H and O–H groups in total. The van der Waals surface area contributed by atoms with Gasteiger partial charge in [-0.3, -0.25) is 0 Å². The van der Waals surface area contributed by atoms with Gasteiger partial charge in [-0.2, -0.15) is 5.26 Å². The molecule has 1 rings (SSSR count). The van der Waals surface area contributed by atoms with Gasteiger partial charge in [0.05, 0.1) is 12.5 Å². The summed E-state index contributed by atoms with van der Waals surface area (Å²) >= 11 is 0. The van der Waals surface area contributed by atoms with Crippen molar-refractivity contribution in [2.45, 2.75) is 13.0 Å². The van der Waals surface area contributed by atoms with Crippen molar-refractivity contribution in [3.8, 4) is 11.8 Å². The van der Waals surface area contributed by atoms with Crippen LogP contribution in [0, 0.1) is 11.3 Å². The molecule has 0 fully saturated rings. The Morgan fingerprint density at radius 1 is 1.43 bits per heavy atom. The Labute approximate surface area is 84.2 Å². The van der Waals surface area contributed by atoms with Crippen LogP contribution in [0.1, 0.15) is 11.1 Å². The van der Waals surface area contributed by atoms with Gasteiger partial charge in [-0.1, -0.05) is 6.07 Å². The summed E-state index contributed by atoms with van der Waals surface area (Å²) in [6.07, 6.45) is 0.390. The second-order valence-electron chi connectivity index (χ2n) is 3.54. The number of phenols is 1. The van der Waals surface area contributed by atoms with Crippen molar-refractivity contribution in [2.75, 3.05) is 14.1 Å². The van der Waals surface area contributed by atoms with Crippen molar-refractivity contribution in [2.24, 2.45) is 0 Å². The van der Waals surface area contributed by atoms with Crippen molar-refractivity contribution in [3.05, 3.63) is 29.3 Å². The SMILES string of the molecule is CN(C)Cc1cc(CC#N)ccc1O. The molecule has 3 nitrogen and oxygen atoms in total. The number of phenolic OH excluding ortho intramolecular Hbond substituents is 1. The van der Waals surface area contributed by atoms with E-state index in [-0.39, 0.29) is 0 Å². The van der Waals surface area contributed by atoms with Crippen LogP contribution < -0.4 is 0 Å². The molecule has 14 heavy (non-hydrogen) atoms. The highest BCUT2D eigenvalue weighted by molar-refractivity contribution is 5.36. The van der Waals surface area contributed by atoms with Crippen LogP contribution in [0.3, 0.4) is 0 Å². The van der Waals surface area contributed by atoms with E-state index in [1.54, 1.807) is 12.1 Å². The van der Waals surface area contributed by atoms with Crippen LogP contribution in [0.5, 0.6) is 5.75 Å². The monoisotopic (exact) mass is 190 g/mol. The zero-order chi connectivity index (χ0) is 10.6. The average Bonchev–Trinajstić information content (AvgIpc) is 2.10. The Bertz CT molecular complexity index is 353. The van der Waals surface area contributed by atoms with Crippen molar-refractivity contribution in [3.63, 3.8) is 0 Å². The minimum absolute atomic E-state index is 0.292. The highest BCUT2D eigenvalue weighted by atomic mass is 16.3. The lowest BCUT2D eigenvalue weighted by atomic mass is 10.1. The third kappa shape index (κ3) is 2.75. The number of hydrogen-bond donors (Lipinski definition) is 1. The van der Waals surface area contributed by atoms with E-state index < -0.39 is 0 Å². The van der Waals surface area contributed by atoms with Gasteiger partial charge >= 0.3 is 0 Å². The minimum Gasteiger partial charge on any atom is -0.508 e. The Morgan fingerprint density at radius 2 is 2.14 bits per heavy atom. The van der Waals surface area contributed by atoms with E-state index in [2.05, 4.69) is 6.07 Å². The molecule has 0 spiro atoms. The van der Waals surface area contributed by atoms with E-state index in [9.17, 15) is 5.11 Å². The Hall–Kier alpha value is -1.53. The second-order valence-corrected chi connectivity index (χ2v) is 3.54. The first kappa shape index (κ1) is 10.6. The van der Waals surface area contributed by atoms with Gasteiger partial charge in [-0.25, -0.2) is 0 Å². The molecular weight excluding hydrogens is 176 g/mol. The van der Waals surface area contributed by atoms with Crippen molar-refractivity contribution < 1.29 is 5.11 Å². The number of hydrogen-bond acceptors (Lipinski definition) is 3. The van der Waals surface area contributed by atoms with Crippen LogP contribution in [0.15, 0.2) is 18.2 Å². The fourth-order valence-corrected chi connectivity index (χ4v) is 1.31. The van der Waals surface area contributed by atoms with E-state index in [0.29, 0.717) is 18.7 Å². The van der Waals surface area contributed by atoms with E-state index in [1.807, 2.05) is 25.1 Å². The lowest BCUT2D eigenvalue weighted by Crippen LogP contribution is -2.10. The zero-order valence-electron chi connectivity index (χ0n) is 8.49. The van der Waals surface area contributed by atoms with Gasteiger partial charge in [0.15, 0.2) is 0 Å². The molecule has 0 aliphatic carbocycles. The molecular formula is C11H14N2O. The maximum absolute atomic E-state index is 9.54. The molecule has 3 heteroatoms. The maximum atomic E-state index is 9.54. The molecule has 0 bridgehead atoms. The van der Waals surface area contributed by atoms with Gasteiger partial charge in [0.2, 0.25) is 0 Å². The fourth-order valence-electron chi connectivity index (χ4n) is 1.31. The second kappa shape index (κ2) is 4.64. The van der Waals surface area contributed by atoms with Crippen LogP contribution in [0.25, 0.3) is 0 Å². The van der Waals surface area contributed by atoms with Crippen molar-refractivity contribution in [1.29, 1.82) is 5.26 Å². The van der Waals surface area contributed by atoms with Crippen LogP contribution in [-0.4, -0.2) is 24.1 Å². The van der Waals surface area contributed by atoms with Gasteiger partial charge in [-0.15, -0.1) is 0 Å². The van der Waals surface area contributed by atoms with Crippen LogP contribution in [0.4, 0.5) is 0 Å². The summed E-state index contributed by atoms with van der Waals surface area (Å²) in [7, 11) is 3.88. The van der Waals surface area contributed by atoms with Crippen LogP contribution in [0.2, 0.25) is 0 Å². The molecule has 0 atom stereocenters. The van der Waals surface area contributed by atoms with Crippen molar-refractivity contribution >= 4 is 0 Å². The highest BCUT2D eigenvalue weighted by Crippen LogP contribution is 2.19. The molecule has 0 radical (unpaired) electrons. The predicted octanol–water partition coefficient (Wildman–Crippen LogP) is 1.52. The molecule has 0 saturated carbocycles. The quantitative estimate of drug-likeness (QED) is 0.786. The smallest absolute Gasteiger partial charge is 0.120 e. The number of nitriles is 1. The molecule has 0 aliphatic rings. The van der Waals surface area contributed by atoms with E-state index >= 15 is 0 Å². The van der Waals surface area contributed by atoms with E-state index in [4.69, 9.17) is 5.26 Å². The average molecular weight is 190 g/mol. The highest BCUT2D eigenvalue weighted by Gasteiger charge is 2.03. The summed E-state index contributed by atoms with van der Waals surface area (Å²) < 4.78 is 0. The fraction of sp³-hybridized carbons (Fsp3) is 0.364. The van der Waals surface area contributed by atoms with Crippen molar-refractivity contribution in [1.82, 2.24) is 4.90 Å². The molecule has 1 aromatic rings. The largest absolute Gasteiger partial charge is 0.508 e. The zero-order valence-corrected chi connectivity index (χ0v) is 8.49. The third-order valence-corrected chi connectivity index (χ3v) is 1.91. The van der Waals surface area contributed by atoms with Gasteiger partial charge in [0.25, 0.3) is 0 Å². The molecule has 0 unspecified atom stereocenters. The van der Waals surface area contributed by atoms with Crippen LogP contribution in [-0.2, 0) is 13.0 Å². The van der Waals surface area contributed by atoms with E-state index in [0.717, 1.165) is 11.1 Å². The molecule has 0 saturated heterocycles. The summed E-state index contributed by atoms with van der Waals surface area (Å²) in [5.74, 6) is 0.292. The number of aromatic hydroxyl groups is 1. The first-order valence-corrected chi connectivity index (χ1v) is 4.46. The lowest BCUT2D eigenvalue weighted by molar-refractivity contribution is 0.385. The van der Waals surface area contributed by atoms with Crippen LogP contribution >= 0.6 is 0 Å². The van der Waals surface area contributed by atoms with Gasteiger partial charge in [0, 0.05) is 12.1 Å². The van der Waals surface area contributed by atoms with E-state index in [1.165, 1.54) is 0 Å². The molecule has 1 aromatic carbocycles. The number of nitrogens with zero attached hydrogens (tertiary/aromatic N) is 2. The first-order chi connectivity index (χ1) is 6.63. The maximum Gasteiger partial charge on any atom is 0.120 e. The standard InChI is InChI=1S/C11H14N2O/c1-13(2)8-10-7-9(5-6-12)3-4-11(10)14/h3-4,7,14H,5,8H2,1-2H3.